The normalized spacial score (nSPS) is 26.0. The maximum Gasteiger partial charge on any atom is 0.328 e. The number of benzene rings is 2. The minimum atomic E-state index is -0.763. The molecule has 4 saturated heterocycles. The summed E-state index contributed by atoms with van der Waals surface area (Å²) in [6.07, 6.45) is 7.57. The molecule has 284 valence electrons. The van der Waals surface area contributed by atoms with Gasteiger partial charge in [-0.15, -0.1) is 11.8 Å². The minimum absolute atomic E-state index is 0.0188. The number of piperidine rings is 2. The summed E-state index contributed by atoms with van der Waals surface area (Å²) in [4.78, 5) is 85.3. The van der Waals surface area contributed by atoms with Gasteiger partial charge in [0.15, 0.2) is 5.78 Å². The number of fused-ring (bicyclic) bond motifs is 2. The molecular weight excluding hydrogens is 691 g/mol. The quantitative estimate of drug-likeness (QED) is 0.274. The van der Waals surface area contributed by atoms with E-state index in [1.54, 1.807) is 21.6 Å². The van der Waals surface area contributed by atoms with Crippen molar-refractivity contribution in [3.05, 3.63) is 71.8 Å². The summed E-state index contributed by atoms with van der Waals surface area (Å²) in [5.41, 5.74) is 1.99. The Hall–Kier alpha value is -3.99. The van der Waals surface area contributed by atoms with Crippen molar-refractivity contribution in [1.29, 1.82) is 0 Å². The van der Waals surface area contributed by atoms with Crippen LogP contribution in [0.1, 0.15) is 88.2 Å². The third-order valence-electron chi connectivity index (χ3n) is 11.7. The number of carbonyl (C=O) groups is 6. The number of amides is 3. The average molecular weight is 744 g/mol. The molecule has 0 saturated carbocycles. The lowest BCUT2D eigenvalue weighted by Crippen LogP contribution is -2.53. The molecule has 53 heavy (non-hydrogen) atoms. The summed E-state index contributed by atoms with van der Waals surface area (Å²) < 4.78 is 5.08. The monoisotopic (exact) mass is 743 g/mol. The van der Waals surface area contributed by atoms with E-state index in [1.165, 1.54) is 7.11 Å². The Morgan fingerprint density at radius 3 is 2.19 bits per heavy atom. The van der Waals surface area contributed by atoms with Gasteiger partial charge in [-0.2, -0.15) is 0 Å². The first kappa shape index (κ1) is 38.7. The third kappa shape index (κ3) is 9.58. The molecule has 6 rings (SSSR count). The number of nitrogens with zero attached hydrogens (tertiary/aromatic N) is 2. The Bertz CT molecular complexity index is 1620. The molecule has 3 amide bonds. The van der Waals surface area contributed by atoms with E-state index in [-0.39, 0.29) is 53.9 Å². The van der Waals surface area contributed by atoms with Crippen molar-refractivity contribution in [3.63, 3.8) is 0 Å². The smallest absolute Gasteiger partial charge is 0.328 e. The maximum absolute atomic E-state index is 14.4. The Morgan fingerprint density at radius 1 is 0.811 bits per heavy atom. The average Bonchev–Trinajstić information content (AvgIpc) is 3.41. The Morgan fingerprint density at radius 2 is 1.49 bits per heavy atom. The van der Waals surface area contributed by atoms with Crippen LogP contribution in [-0.2, 0) is 46.3 Å². The van der Waals surface area contributed by atoms with E-state index < -0.39 is 41.8 Å². The van der Waals surface area contributed by atoms with Gasteiger partial charge in [0, 0.05) is 37.1 Å². The van der Waals surface area contributed by atoms with Crippen LogP contribution in [0.4, 0.5) is 0 Å². The van der Waals surface area contributed by atoms with Crippen LogP contribution in [0.15, 0.2) is 60.7 Å². The van der Waals surface area contributed by atoms with Crippen LogP contribution in [0.5, 0.6) is 0 Å². The third-order valence-corrected chi connectivity index (χ3v) is 13.0. The van der Waals surface area contributed by atoms with Gasteiger partial charge in [-0.3, -0.25) is 24.0 Å². The van der Waals surface area contributed by atoms with Crippen LogP contribution < -0.4 is 5.32 Å². The first-order chi connectivity index (χ1) is 25.7. The van der Waals surface area contributed by atoms with Gasteiger partial charge in [0.05, 0.1) is 18.5 Å². The fourth-order valence-corrected chi connectivity index (χ4v) is 10.1. The zero-order valence-corrected chi connectivity index (χ0v) is 31.6. The molecule has 2 aromatic carbocycles. The highest BCUT2D eigenvalue weighted by atomic mass is 32.2. The molecule has 4 aliphatic heterocycles. The molecule has 2 aromatic rings. The largest absolute Gasteiger partial charge is 0.467 e. The number of ether oxygens (including phenoxy) is 1. The van der Waals surface area contributed by atoms with Crippen molar-refractivity contribution >= 4 is 47.0 Å². The molecule has 0 bridgehead atoms. The SMILES string of the molecule is COC(=O)[C@@H]1CCC[C@@H]2SCC[C@H](CC(=O)[C@H](CC[C@H](Cc3ccccc3)C(=O)NC3CCC(=O)[C@H]4CCCCN4C3=O)Cc3ccccc3)C(=O)N21. The van der Waals surface area contributed by atoms with E-state index in [0.717, 1.165) is 42.6 Å². The van der Waals surface area contributed by atoms with Gasteiger partial charge in [0.25, 0.3) is 0 Å². The summed E-state index contributed by atoms with van der Waals surface area (Å²) in [5, 5.41) is 2.95. The molecule has 4 fully saturated rings. The van der Waals surface area contributed by atoms with Crippen LogP contribution in [-0.4, -0.2) is 88.0 Å². The molecule has 4 aliphatic rings. The highest BCUT2D eigenvalue weighted by Crippen LogP contribution is 2.38. The molecular formula is C42H53N3O7S. The Labute approximate surface area is 317 Å². The fourth-order valence-electron chi connectivity index (χ4n) is 8.70. The number of hydrogen-bond donors (Lipinski definition) is 1. The Balaban J connectivity index is 1.19. The highest BCUT2D eigenvalue weighted by Gasteiger charge is 2.44. The molecule has 11 heteroatoms. The maximum atomic E-state index is 14.4. The summed E-state index contributed by atoms with van der Waals surface area (Å²) in [5.74, 6) is -1.69. The predicted molar refractivity (Wildman–Crippen MR) is 203 cm³/mol. The summed E-state index contributed by atoms with van der Waals surface area (Å²) in [6.45, 7) is 0.530. The first-order valence-electron chi connectivity index (χ1n) is 19.5. The number of ketones is 2. The van der Waals surface area contributed by atoms with Crippen molar-refractivity contribution in [3.8, 4) is 0 Å². The number of rotatable bonds is 13. The molecule has 1 unspecified atom stereocenters. The van der Waals surface area contributed by atoms with E-state index >= 15 is 0 Å². The second kappa shape index (κ2) is 18.4. The second-order valence-corrected chi connectivity index (χ2v) is 16.4. The number of Topliss-reactive ketones (excluding diaryl/α,β-unsaturated/α-hetero) is 2. The molecule has 1 N–H and O–H groups in total. The minimum Gasteiger partial charge on any atom is -0.467 e. The van der Waals surface area contributed by atoms with Crippen LogP contribution >= 0.6 is 11.8 Å². The molecule has 0 radical (unpaired) electrons. The number of esters is 1. The summed E-state index contributed by atoms with van der Waals surface area (Å²) in [6, 6.07) is 17.8. The number of hydrogen-bond acceptors (Lipinski definition) is 8. The molecule has 10 nitrogen and oxygen atoms in total. The molecule has 0 spiro atoms. The highest BCUT2D eigenvalue weighted by molar-refractivity contribution is 7.99. The van der Waals surface area contributed by atoms with Crippen LogP contribution in [0, 0.1) is 17.8 Å². The fraction of sp³-hybridized carbons (Fsp3) is 0.571. The lowest BCUT2D eigenvalue weighted by Gasteiger charge is -2.40. The van der Waals surface area contributed by atoms with Crippen molar-refractivity contribution in [2.24, 2.45) is 17.8 Å². The lowest BCUT2D eigenvalue weighted by molar-refractivity contribution is -0.157. The zero-order valence-electron chi connectivity index (χ0n) is 30.8. The van der Waals surface area contributed by atoms with Crippen LogP contribution in [0.25, 0.3) is 0 Å². The van der Waals surface area contributed by atoms with Gasteiger partial charge < -0.3 is 19.9 Å². The summed E-state index contributed by atoms with van der Waals surface area (Å²) in [7, 11) is 1.35. The van der Waals surface area contributed by atoms with Gasteiger partial charge in [0.2, 0.25) is 17.7 Å². The van der Waals surface area contributed by atoms with Crippen molar-refractivity contribution < 1.29 is 33.5 Å². The number of carbonyl (C=O) groups excluding carboxylic acids is 6. The zero-order chi connectivity index (χ0) is 37.3. The molecule has 0 aromatic heterocycles. The van der Waals surface area contributed by atoms with Gasteiger partial charge in [-0.05, 0) is 93.9 Å². The van der Waals surface area contributed by atoms with E-state index in [9.17, 15) is 28.8 Å². The Kier molecular flexibility index (Phi) is 13.4. The molecule has 4 heterocycles. The summed E-state index contributed by atoms with van der Waals surface area (Å²) >= 11 is 1.68. The van der Waals surface area contributed by atoms with E-state index in [0.29, 0.717) is 51.5 Å². The van der Waals surface area contributed by atoms with E-state index in [2.05, 4.69) is 5.32 Å². The van der Waals surface area contributed by atoms with Gasteiger partial charge >= 0.3 is 5.97 Å². The topological polar surface area (TPSA) is 130 Å². The standard InChI is InChI=1S/C42H53N3O7S/c1-52-42(51)35-16-10-17-38-45(35)40(49)32(22-24-53-38)27-37(47)30(25-28-11-4-2-5-12-28)18-19-31(26-29-13-6-3-7-14-29)39(48)43-33-20-21-36(46)34-15-8-9-23-44(34)41(33)50/h2-7,11-14,30-35,38H,8-10,15-27H2,1H3,(H,43,48)/t30-,31-,32-,33?,34-,35+,38+/m1/s1. The lowest BCUT2D eigenvalue weighted by atomic mass is 9.82. The first-order valence-corrected chi connectivity index (χ1v) is 20.5. The molecule has 0 aliphatic carbocycles. The van der Waals surface area contributed by atoms with Crippen molar-refractivity contribution in [2.75, 3.05) is 19.4 Å². The number of nitrogens with one attached hydrogen (secondary N) is 1. The van der Waals surface area contributed by atoms with Crippen LogP contribution in [0.3, 0.4) is 0 Å². The van der Waals surface area contributed by atoms with E-state index in [4.69, 9.17) is 4.74 Å². The van der Waals surface area contributed by atoms with E-state index in [1.807, 2.05) is 60.7 Å². The van der Waals surface area contributed by atoms with Crippen molar-refractivity contribution in [1.82, 2.24) is 15.1 Å². The number of thioether (sulfide) groups is 1. The second-order valence-electron chi connectivity index (χ2n) is 15.2. The van der Waals surface area contributed by atoms with Gasteiger partial charge in [-0.25, -0.2) is 4.79 Å². The predicted octanol–water partition coefficient (Wildman–Crippen LogP) is 5.31. The van der Waals surface area contributed by atoms with Crippen LogP contribution in [0.2, 0.25) is 0 Å². The van der Waals surface area contributed by atoms with Crippen molar-refractivity contribution in [2.45, 2.75) is 113 Å². The number of methoxy groups -OCH3 is 1. The van der Waals surface area contributed by atoms with Gasteiger partial charge in [-0.1, -0.05) is 60.7 Å². The molecule has 7 atom stereocenters. The van der Waals surface area contributed by atoms with Gasteiger partial charge in [0.1, 0.15) is 17.9 Å².